The maximum Gasteiger partial charge on any atom is 0.142 e. The van der Waals surface area contributed by atoms with Crippen LogP contribution in [0.3, 0.4) is 0 Å². The second kappa shape index (κ2) is 5.43. The molecule has 2 rings (SSSR count). The fourth-order valence-electron chi connectivity index (χ4n) is 1.58. The van der Waals surface area contributed by atoms with Crippen LogP contribution < -0.4 is 0 Å². The third kappa shape index (κ3) is 3.14. The van der Waals surface area contributed by atoms with Crippen molar-refractivity contribution in [3.63, 3.8) is 0 Å². The second-order valence-electron chi connectivity index (χ2n) is 3.74. The van der Waals surface area contributed by atoms with Crippen LogP contribution >= 0.6 is 22.9 Å². The monoisotopic (exact) mass is 268 g/mol. The molecule has 0 spiro atoms. The van der Waals surface area contributed by atoms with E-state index in [-0.39, 0.29) is 17.2 Å². The van der Waals surface area contributed by atoms with Crippen LogP contribution in [-0.4, -0.2) is 5.78 Å². The zero-order chi connectivity index (χ0) is 12.3. The summed E-state index contributed by atoms with van der Waals surface area (Å²) in [5.41, 5.74) is 1.54. The van der Waals surface area contributed by atoms with E-state index in [0.29, 0.717) is 12.0 Å². The highest BCUT2D eigenvalue weighted by Crippen LogP contribution is 2.20. The molecule has 17 heavy (non-hydrogen) atoms. The Kier molecular flexibility index (Phi) is 3.92. The molecule has 0 radical (unpaired) electrons. The number of hydrogen-bond acceptors (Lipinski definition) is 2. The van der Waals surface area contributed by atoms with Gasteiger partial charge in [-0.2, -0.15) is 11.3 Å². The summed E-state index contributed by atoms with van der Waals surface area (Å²) in [6.45, 7) is 0. The Morgan fingerprint density at radius 2 is 2.12 bits per heavy atom. The Bertz CT molecular complexity index is 522. The second-order valence-corrected chi connectivity index (χ2v) is 4.89. The van der Waals surface area contributed by atoms with Crippen molar-refractivity contribution in [2.24, 2.45) is 0 Å². The molecule has 0 amide bonds. The average Bonchev–Trinajstić information content (AvgIpc) is 2.77. The number of carbonyl (C=O) groups is 1. The zero-order valence-corrected chi connectivity index (χ0v) is 10.5. The standard InChI is InChI=1S/C13H10ClFOS/c14-13-10(2-1-3-12(13)15)7-11(16)6-9-4-5-17-8-9/h1-5,8H,6-7H2. The lowest BCUT2D eigenvalue weighted by molar-refractivity contribution is -0.117. The Morgan fingerprint density at radius 3 is 2.82 bits per heavy atom. The van der Waals surface area contributed by atoms with E-state index < -0.39 is 5.82 Å². The van der Waals surface area contributed by atoms with E-state index in [4.69, 9.17) is 11.6 Å². The Morgan fingerprint density at radius 1 is 1.29 bits per heavy atom. The molecule has 0 N–H and O–H groups in total. The van der Waals surface area contributed by atoms with Crippen molar-refractivity contribution in [1.29, 1.82) is 0 Å². The first kappa shape index (κ1) is 12.3. The van der Waals surface area contributed by atoms with Crippen LogP contribution in [0.15, 0.2) is 35.0 Å². The molecule has 2 aromatic rings. The number of ketones is 1. The quantitative estimate of drug-likeness (QED) is 0.822. The molecule has 0 saturated carbocycles. The van der Waals surface area contributed by atoms with Crippen LogP contribution in [0.1, 0.15) is 11.1 Å². The van der Waals surface area contributed by atoms with Gasteiger partial charge < -0.3 is 0 Å². The molecule has 0 aliphatic carbocycles. The van der Waals surface area contributed by atoms with Gasteiger partial charge in [-0.3, -0.25) is 4.79 Å². The van der Waals surface area contributed by atoms with Crippen LogP contribution in [0.2, 0.25) is 5.02 Å². The molecule has 0 aliphatic rings. The van der Waals surface area contributed by atoms with Gasteiger partial charge in [-0.25, -0.2) is 4.39 Å². The van der Waals surface area contributed by atoms with E-state index >= 15 is 0 Å². The predicted molar refractivity (Wildman–Crippen MR) is 68.1 cm³/mol. The van der Waals surface area contributed by atoms with Crippen LogP contribution in [0.25, 0.3) is 0 Å². The number of benzene rings is 1. The van der Waals surface area contributed by atoms with Crippen LogP contribution in [0.4, 0.5) is 4.39 Å². The Balaban J connectivity index is 2.06. The van der Waals surface area contributed by atoms with Gasteiger partial charge in [0.15, 0.2) is 0 Å². The maximum atomic E-state index is 13.2. The Hall–Kier alpha value is -1.19. The minimum Gasteiger partial charge on any atom is -0.299 e. The minimum atomic E-state index is -0.479. The molecule has 0 unspecified atom stereocenters. The smallest absolute Gasteiger partial charge is 0.142 e. The normalized spacial score (nSPS) is 10.5. The summed E-state index contributed by atoms with van der Waals surface area (Å²) in [5.74, 6) is -0.441. The lowest BCUT2D eigenvalue weighted by Crippen LogP contribution is -2.06. The summed E-state index contributed by atoms with van der Waals surface area (Å²) in [5, 5.41) is 3.91. The number of halogens is 2. The highest BCUT2D eigenvalue weighted by atomic mass is 35.5. The van der Waals surface area contributed by atoms with Crippen molar-refractivity contribution in [1.82, 2.24) is 0 Å². The fourth-order valence-corrected chi connectivity index (χ4v) is 2.44. The van der Waals surface area contributed by atoms with Gasteiger partial charge in [0, 0.05) is 12.8 Å². The Labute approximate surface area is 108 Å². The number of thiophene rings is 1. The zero-order valence-electron chi connectivity index (χ0n) is 8.95. The van der Waals surface area contributed by atoms with E-state index in [1.807, 2.05) is 16.8 Å². The molecule has 1 aromatic heterocycles. The summed E-state index contributed by atoms with van der Waals surface area (Å²) in [7, 11) is 0. The van der Waals surface area contributed by atoms with E-state index in [2.05, 4.69) is 0 Å². The van der Waals surface area contributed by atoms with Crippen molar-refractivity contribution in [2.75, 3.05) is 0 Å². The average molecular weight is 269 g/mol. The first-order chi connectivity index (χ1) is 8.16. The van der Waals surface area contributed by atoms with Crippen molar-refractivity contribution in [3.8, 4) is 0 Å². The number of rotatable bonds is 4. The van der Waals surface area contributed by atoms with Gasteiger partial charge in [0.05, 0.1) is 5.02 Å². The largest absolute Gasteiger partial charge is 0.299 e. The van der Waals surface area contributed by atoms with E-state index in [1.54, 1.807) is 23.5 Å². The molecule has 4 heteroatoms. The van der Waals surface area contributed by atoms with Gasteiger partial charge in [0.1, 0.15) is 11.6 Å². The molecule has 0 aliphatic heterocycles. The van der Waals surface area contributed by atoms with Crippen LogP contribution in [0, 0.1) is 5.82 Å². The highest BCUT2D eigenvalue weighted by Gasteiger charge is 2.10. The van der Waals surface area contributed by atoms with Gasteiger partial charge in [-0.1, -0.05) is 23.7 Å². The molecule has 1 nitrogen and oxygen atoms in total. The molecular weight excluding hydrogens is 259 g/mol. The fraction of sp³-hybridized carbons (Fsp3) is 0.154. The summed E-state index contributed by atoms with van der Waals surface area (Å²) < 4.78 is 13.2. The summed E-state index contributed by atoms with van der Waals surface area (Å²) in [6, 6.07) is 6.44. The SMILES string of the molecule is O=C(Cc1ccsc1)Cc1cccc(F)c1Cl. The van der Waals surface area contributed by atoms with E-state index in [1.165, 1.54) is 6.07 Å². The third-order valence-electron chi connectivity index (χ3n) is 2.40. The number of Topliss-reactive ketones (excluding diaryl/α,β-unsaturated/α-hetero) is 1. The van der Waals surface area contributed by atoms with Crippen LogP contribution in [0.5, 0.6) is 0 Å². The number of carbonyl (C=O) groups excluding carboxylic acids is 1. The summed E-state index contributed by atoms with van der Waals surface area (Å²) in [6.07, 6.45) is 0.544. The van der Waals surface area contributed by atoms with Crippen molar-refractivity contribution in [2.45, 2.75) is 12.8 Å². The molecule has 1 heterocycles. The van der Waals surface area contributed by atoms with Crippen molar-refractivity contribution < 1.29 is 9.18 Å². The first-order valence-corrected chi connectivity index (χ1v) is 6.44. The first-order valence-electron chi connectivity index (χ1n) is 5.12. The lowest BCUT2D eigenvalue weighted by atomic mass is 10.0. The molecule has 0 saturated heterocycles. The van der Waals surface area contributed by atoms with Gasteiger partial charge >= 0.3 is 0 Å². The maximum absolute atomic E-state index is 13.2. The van der Waals surface area contributed by atoms with E-state index in [0.717, 1.165) is 5.56 Å². The van der Waals surface area contributed by atoms with Crippen LogP contribution in [-0.2, 0) is 17.6 Å². The van der Waals surface area contributed by atoms with Gasteiger partial charge in [-0.05, 0) is 34.0 Å². The van der Waals surface area contributed by atoms with Gasteiger partial charge in [0.25, 0.3) is 0 Å². The molecule has 0 fully saturated rings. The van der Waals surface area contributed by atoms with Gasteiger partial charge in [0.2, 0.25) is 0 Å². The molecular formula is C13H10ClFOS. The minimum absolute atomic E-state index is 0.0379. The number of hydrogen-bond donors (Lipinski definition) is 0. The third-order valence-corrected chi connectivity index (χ3v) is 3.56. The highest BCUT2D eigenvalue weighted by molar-refractivity contribution is 7.08. The summed E-state index contributed by atoms with van der Waals surface area (Å²) in [4.78, 5) is 11.8. The molecule has 0 atom stereocenters. The lowest BCUT2D eigenvalue weighted by Gasteiger charge is -2.03. The summed E-state index contributed by atoms with van der Waals surface area (Å²) >= 11 is 7.35. The van der Waals surface area contributed by atoms with E-state index in [9.17, 15) is 9.18 Å². The van der Waals surface area contributed by atoms with Crippen molar-refractivity contribution in [3.05, 3.63) is 57.0 Å². The topological polar surface area (TPSA) is 17.1 Å². The van der Waals surface area contributed by atoms with Gasteiger partial charge in [-0.15, -0.1) is 0 Å². The molecule has 88 valence electrons. The molecule has 1 aromatic carbocycles. The van der Waals surface area contributed by atoms with Crippen molar-refractivity contribution >= 4 is 28.7 Å². The predicted octanol–water partition coefficient (Wildman–Crippen LogP) is 3.89. The molecule has 0 bridgehead atoms.